The van der Waals surface area contributed by atoms with E-state index in [1.165, 1.54) is 11.3 Å². The van der Waals surface area contributed by atoms with E-state index in [1.54, 1.807) is 10.9 Å². The van der Waals surface area contributed by atoms with Gasteiger partial charge in [0.05, 0.1) is 23.5 Å². The fourth-order valence-corrected chi connectivity index (χ4v) is 4.45. The van der Waals surface area contributed by atoms with E-state index >= 15 is 0 Å². The molecule has 0 saturated heterocycles. The van der Waals surface area contributed by atoms with Gasteiger partial charge in [0.1, 0.15) is 4.88 Å². The highest BCUT2D eigenvalue weighted by Crippen LogP contribution is 2.34. The molecule has 4 rings (SSSR count). The Morgan fingerprint density at radius 3 is 2.60 bits per heavy atom. The van der Waals surface area contributed by atoms with Crippen LogP contribution in [0.1, 0.15) is 15.2 Å². The Labute approximate surface area is 182 Å². The Hall–Kier alpha value is -3.16. The van der Waals surface area contributed by atoms with Crippen LogP contribution in [0.3, 0.4) is 0 Å². The minimum Gasteiger partial charge on any atom is -0.354 e. The first kappa shape index (κ1) is 20.1. The number of halogens is 1. The van der Waals surface area contributed by atoms with Crippen LogP contribution in [0.2, 0.25) is 5.02 Å². The summed E-state index contributed by atoms with van der Waals surface area (Å²) in [5.41, 5.74) is 2.00. The summed E-state index contributed by atoms with van der Waals surface area (Å²) in [5, 5.41) is 11.0. The Balaban J connectivity index is 1.25. The largest absolute Gasteiger partial charge is 0.354 e. The van der Waals surface area contributed by atoms with Crippen molar-refractivity contribution in [3.05, 3.63) is 82.5 Å². The number of para-hydroxylation sites is 1. The molecule has 0 unspecified atom stereocenters. The lowest BCUT2D eigenvalue weighted by atomic mass is 10.2. The molecule has 6 nitrogen and oxygen atoms in total. The summed E-state index contributed by atoms with van der Waals surface area (Å²) in [5.74, 6) is -0.600. The second-order valence-electron chi connectivity index (χ2n) is 6.65. The molecule has 0 aliphatic heterocycles. The van der Waals surface area contributed by atoms with Gasteiger partial charge in [-0.2, -0.15) is 5.10 Å². The van der Waals surface area contributed by atoms with Crippen molar-refractivity contribution in [2.24, 2.45) is 0 Å². The molecule has 2 N–H and O–H groups in total. The van der Waals surface area contributed by atoms with E-state index < -0.39 is 0 Å². The van der Waals surface area contributed by atoms with Crippen LogP contribution in [0.5, 0.6) is 0 Å². The first-order valence-electron chi connectivity index (χ1n) is 9.43. The van der Waals surface area contributed by atoms with Gasteiger partial charge in [0.15, 0.2) is 0 Å². The summed E-state index contributed by atoms with van der Waals surface area (Å²) in [7, 11) is 0. The molecule has 2 amide bonds. The number of hydrogen-bond donors (Lipinski definition) is 2. The highest BCUT2D eigenvalue weighted by molar-refractivity contribution is 7.21. The van der Waals surface area contributed by atoms with Gasteiger partial charge in [-0.25, -0.2) is 4.68 Å². The van der Waals surface area contributed by atoms with Crippen molar-refractivity contribution >= 4 is 44.8 Å². The molecule has 0 spiro atoms. The summed E-state index contributed by atoms with van der Waals surface area (Å²) in [6, 6.07) is 17.4. The lowest BCUT2D eigenvalue weighted by molar-refractivity contribution is -0.120. The second kappa shape index (κ2) is 9.11. The number of amides is 2. The van der Waals surface area contributed by atoms with Crippen LogP contribution in [-0.4, -0.2) is 34.7 Å². The number of thiophene rings is 1. The van der Waals surface area contributed by atoms with Crippen LogP contribution in [0.4, 0.5) is 0 Å². The third kappa shape index (κ3) is 4.53. The maximum Gasteiger partial charge on any atom is 0.263 e. The number of carbonyl (C=O) groups excluding carboxylic acids is 2. The Morgan fingerprint density at radius 1 is 1.03 bits per heavy atom. The minimum absolute atomic E-state index is 0.104. The second-order valence-corrected chi connectivity index (χ2v) is 8.08. The van der Waals surface area contributed by atoms with Gasteiger partial charge in [-0.1, -0.05) is 48.0 Å². The quantitative estimate of drug-likeness (QED) is 0.460. The molecule has 0 bridgehead atoms. The Kier molecular flexibility index (Phi) is 6.11. The van der Waals surface area contributed by atoms with Crippen molar-refractivity contribution < 1.29 is 9.59 Å². The van der Waals surface area contributed by atoms with Crippen LogP contribution < -0.4 is 10.6 Å². The van der Waals surface area contributed by atoms with E-state index in [0.717, 1.165) is 21.3 Å². The predicted octanol–water partition coefficient (Wildman–Crippen LogP) is 3.83. The van der Waals surface area contributed by atoms with E-state index in [4.69, 9.17) is 11.6 Å². The van der Waals surface area contributed by atoms with Gasteiger partial charge in [-0.15, -0.1) is 11.3 Å². The fraction of sp³-hybridized carbons (Fsp3) is 0.136. The molecule has 8 heteroatoms. The van der Waals surface area contributed by atoms with Crippen molar-refractivity contribution in [2.75, 3.05) is 13.1 Å². The number of aromatic nitrogens is 2. The van der Waals surface area contributed by atoms with Gasteiger partial charge in [-0.05, 0) is 30.2 Å². The molecule has 2 aromatic heterocycles. The number of hydrogen-bond acceptors (Lipinski definition) is 4. The molecular formula is C22H19ClN4O2S. The molecule has 30 heavy (non-hydrogen) atoms. The maximum absolute atomic E-state index is 12.4. The van der Waals surface area contributed by atoms with Crippen LogP contribution in [0.25, 0.3) is 15.8 Å². The van der Waals surface area contributed by atoms with Gasteiger partial charge in [0, 0.05) is 22.8 Å². The molecular weight excluding hydrogens is 420 g/mol. The van der Waals surface area contributed by atoms with Crippen LogP contribution in [0.15, 0.2) is 67.0 Å². The zero-order valence-corrected chi connectivity index (χ0v) is 17.5. The molecule has 2 aromatic carbocycles. The lowest BCUT2D eigenvalue weighted by Crippen LogP contribution is -2.37. The van der Waals surface area contributed by atoms with Gasteiger partial charge in [-0.3, -0.25) is 9.59 Å². The summed E-state index contributed by atoms with van der Waals surface area (Å²) in [6.07, 6.45) is 4.37. The monoisotopic (exact) mass is 438 g/mol. The highest BCUT2D eigenvalue weighted by Gasteiger charge is 2.17. The van der Waals surface area contributed by atoms with Gasteiger partial charge < -0.3 is 10.6 Å². The summed E-state index contributed by atoms with van der Waals surface area (Å²) >= 11 is 7.62. The number of carbonyl (C=O) groups is 2. The minimum atomic E-state index is -0.347. The van der Waals surface area contributed by atoms with Gasteiger partial charge in [0.25, 0.3) is 5.91 Å². The lowest BCUT2D eigenvalue weighted by Gasteiger charge is -2.06. The molecule has 0 aliphatic rings. The summed E-state index contributed by atoms with van der Waals surface area (Å²) < 4.78 is 2.74. The SMILES string of the molecule is O=C(CNC(=O)c1sc2ccccc2c1Cl)NCCc1cnn(-c2ccccc2)c1. The van der Waals surface area contributed by atoms with E-state index in [9.17, 15) is 9.59 Å². The van der Waals surface area contributed by atoms with Crippen molar-refractivity contribution in [1.82, 2.24) is 20.4 Å². The molecule has 0 fully saturated rings. The van der Waals surface area contributed by atoms with Crippen LogP contribution >= 0.6 is 22.9 Å². The first-order valence-corrected chi connectivity index (χ1v) is 10.6. The van der Waals surface area contributed by atoms with Gasteiger partial charge >= 0.3 is 0 Å². The standard InChI is InChI=1S/C22H19ClN4O2S/c23-20-17-8-4-5-9-18(17)30-21(20)22(29)25-13-19(28)24-11-10-15-12-26-27(14-15)16-6-2-1-3-7-16/h1-9,12,14H,10-11,13H2,(H,24,28)(H,25,29). The van der Waals surface area contributed by atoms with Crippen molar-refractivity contribution in [3.8, 4) is 5.69 Å². The average Bonchev–Trinajstić information content (AvgIpc) is 3.38. The first-order chi connectivity index (χ1) is 14.6. The fourth-order valence-electron chi connectivity index (χ4n) is 3.02. The molecule has 0 saturated carbocycles. The van der Waals surface area contributed by atoms with E-state index in [-0.39, 0.29) is 18.4 Å². The molecule has 2 heterocycles. The van der Waals surface area contributed by atoms with E-state index in [0.29, 0.717) is 22.9 Å². The summed E-state index contributed by atoms with van der Waals surface area (Å²) in [6.45, 7) is 0.353. The van der Waals surface area contributed by atoms with E-state index in [1.807, 2.05) is 60.8 Å². The molecule has 152 valence electrons. The number of benzene rings is 2. The topological polar surface area (TPSA) is 76.0 Å². The number of nitrogens with one attached hydrogen (secondary N) is 2. The van der Waals surface area contributed by atoms with Gasteiger partial charge in [0.2, 0.25) is 5.91 Å². The third-order valence-corrected chi connectivity index (χ3v) is 6.22. The molecule has 0 aliphatic carbocycles. The highest BCUT2D eigenvalue weighted by atomic mass is 35.5. The Bertz CT molecular complexity index is 1190. The van der Waals surface area contributed by atoms with Crippen molar-refractivity contribution in [1.29, 1.82) is 0 Å². The van der Waals surface area contributed by atoms with E-state index in [2.05, 4.69) is 15.7 Å². The van der Waals surface area contributed by atoms with Crippen molar-refractivity contribution in [3.63, 3.8) is 0 Å². The zero-order chi connectivity index (χ0) is 20.9. The van der Waals surface area contributed by atoms with Crippen molar-refractivity contribution in [2.45, 2.75) is 6.42 Å². The number of fused-ring (bicyclic) bond motifs is 1. The molecule has 4 aromatic rings. The number of nitrogens with zero attached hydrogens (tertiary/aromatic N) is 2. The maximum atomic E-state index is 12.4. The molecule has 0 radical (unpaired) electrons. The van der Waals surface area contributed by atoms with Crippen LogP contribution in [-0.2, 0) is 11.2 Å². The smallest absolute Gasteiger partial charge is 0.263 e. The van der Waals surface area contributed by atoms with Crippen LogP contribution in [0, 0.1) is 0 Å². The predicted molar refractivity (Wildman–Crippen MR) is 119 cm³/mol. The average molecular weight is 439 g/mol. The Morgan fingerprint density at radius 2 is 1.80 bits per heavy atom. The molecule has 0 atom stereocenters. The normalized spacial score (nSPS) is 10.8. The summed E-state index contributed by atoms with van der Waals surface area (Å²) in [4.78, 5) is 24.9. The third-order valence-electron chi connectivity index (χ3n) is 4.54. The number of rotatable bonds is 7. The zero-order valence-electron chi connectivity index (χ0n) is 16.0.